The van der Waals surface area contributed by atoms with E-state index in [9.17, 15) is 13.5 Å². The minimum atomic E-state index is -3.18. The zero-order chi connectivity index (χ0) is 11.5. The molecule has 6 heteroatoms. The molecule has 1 rings (SSSR count). The summed E-state index contributed by atoms with van der Waals surface area (Å²) in [6.07, 6.45) is 1.09. The van der Waals surface area contributed by atoms with Gasteiger partial charge >= 0.3 is 0 Å². The third-order valence-electron chi connectivity index (χ3n) is 2.74. The molecular formula is C9H19NO4S. The number of hydrogen-bond acceptors (Lipinski definition) is 4. The van der Waals surface area contributed by atoms with Gasteiger partial charge in [0.25, 0.3) is 0 Å². The number of nitrogens with zero attached hydrogens (tertiary/aromatic N) is 1. The van der Waals surface area contributed by atoms with E-state index in [0.717, 1.165) is 0 Å². The van der Waals surface area contributed by atoms with E-state index < -0.39 is 15.6 Å². The van der Waals surface area contributed by atoms with Crippen molar-refractivity contribution in [1.82, 2.24) is 4.31 Å². The van der Waals surface area contributed by atoms with Gasteiger partial charge in [-0.05, 0) is 12.8 Å². The summed E-state index contributed by atoms with van der Waals surface area (Å²) in [5, 5.41) is 9.69. The Hall–Kier alpha value is -0.170. The zero-order valence-electron chi connectivity index (χ0n) is 9.27. The molecule has 0 atom stereocenters. The van der Waals surface area contributed by atoms with Gasteiger partial charge in [-0.2, -0.15) is 4.31 Å². The average Bonchev–Trinajstić information content (AvgIpc) is 2.13. The van der Waals surface area contributed by atoms with Crippen LogP contribution in [0.25, 0.3) is 0 Å². The van der Waals surface area contributed by atoms with Gasteiger partial charge in [0, 0.05) is 26.8 Å². The molecule has 15 heavy (non-hydrogen) atoms. The second-order valence-corrected chi connectivity index (χ2v) is 6.10. The number of hydrogen-bond donors (Lipinski definition) is 1. The number of methoxy groups -OCH3 is 1. The minimum Gasteiger partial charge on any atom is -0.387 e. The van der Waals surface area contributed by atoms with Crippen molar-refractivity contribution < 1.29 is 18.3 Å². The first-order chi connectivity index (χ1) is 6.93. The van der Waals surface area contributed by atoms with Crippen LogP contribution in [0.1, 0.15) is 19.8 Å². The van der Waals surface area contributed by atoms with Crippen LogP contribution in [-0.2, 0) is 14.8 Å². The van der Waals surface area contributed by atoms with Crippen LogP contribution in [0.15, 0.2) is 0 Å². The highest BCUT2D eigenvalue weighted by Crippen LogP contribution is 2.27. The molecule has 1 fully saturated rings. The Labute approximate surface area is 91.1 Å². The third-order valence-corrected chi connectivity index (χ3v) is 4.59. The Balaban J connectivity index is 2.38. The molecular weight excluding hydrogens is 218 g/mol. The van der Waals surface area contributed by atoms with Gasteiger partial charge in [-0.1, -0.05) is 6.92 Å². The van der Waals surface area contributed by atoms with Gasteiger partial charge in [0.15, 0.2) is 0 Å². The molecule has 1 aliphatic rings. The maximum atomic E-state index is 11.7. The molecule has 90 valence electrons. The van der Waals surface area contributed by atoms with E-state index in [-0.39, 0.29) is 18.8 Å². The summed E-state index contributed by atoms with van der Waals surface area (Å²) in [4.78, 5) is 0. The fourth-order valence-electron chi connectivity index (χ4n) is 1.55. The van der Waals surface area contributed by atoms with Gasteiger partial charge in [0.1, 0.15) is 0 Å². The van der Waals surface area contributed by atoms with Gasteiger partial charge < -0.3 is 9.84 Å². The fraction of sp³-hybridized carbons (Fsp3) is 1.00. The highest BCUT2D eigenvalue weighted by Gasteiger charge is 2.44. The van der Waals surface area contributed by atoms with Gasteiger partial charge in [0.2, 0.25) is 10.0 Å². The molecule has 1 N–H and O–H groups in total. The van der Waals surface area contributed by atoms with Crippen LogP contribution >= 0.6 is 0 Å². The average molecular weight is 237 g/mol. The monoisotopic (exact) mass is 237 g/mol. The van der Waals surface area contributed by atoms with Crippen LogP contribution in [0.4, 0.5) is 0 Å². The third kappa shape index (κ3) is 3.14. The van der Waals surface area contributed by atoms with Crippen molar-refractivity contribution in [2.75, 3.05) is 32.6 Å². The predicted octanol–water partition coefficient (Wildman–Crippen LogP) is -0.191. The largest absolute Gasteiger partial charge is 0.387 e. The summed E-state index contributed by atoms with van der Waals surface area (Å²) in [5.74, 6) is 0.0979. The number of rotatable bonds is 6. The van der Waals surface area contributed by atoms with Crippen LogP contribution < -0.4 is 0 Å². The van der Waals surface area contributed by atoms with Gasteiger partial charge in [-0.3, -0.25) is 0 Å². The summed E-state index contributed by atoms with van der Waals surface area (Å²) in [7, 11) is -1.64. The van der Waals surface area contributed by atoms with Gasteiger partial charge in [-0.25, -0.2) is 8.42 Å². The molecule has 0 unspecified atom stereocenters. The molecule has 0 amide bonds. The summed E-state index contributed by atoms with van der Waals surface area (Å²) in [6.45, 7) is 2.78. The quantitative estimate of drug-likeness (QED) is 0.650. The molecule has 0 aromatic carbocycles. The first kappa shape index (κ1) is 12.9. The van der Waals surface area contributed by atoms with E-state index >= 15 is 0 Å². The lowest BCUT2D eigenvalue weighted by Crippen LogP contribution is -2.63. The molecule has 0 aliphatic carbocycles. The molecule has 0 bridgehead atoms. The minimum absolute atomic E-state index is 0.0979. The van der Waals surface area contributed by atoms with Gasteiger partial charge in [0.05, 0.1) is 11.4 Å². The zero-order valence-corrected chi connectivity index (χ0v) is 10.1. The Morgan fingerprint density at radius 1 is 1.47 bits per heavy atom. The summed E-state index contributed by atoms with van der Waals surface area (Å²) in [5.41, 5.74) is -0.797. The van der Waals surface area contributed by atoms with Crippen molar-refractivity contribution in [3.8, 4) is 0 Å². The van der Waals surface area contributed by atoms with Crippen LogP contribution in [0.5, 0.6) is 0 Å². The van der Waals surface area contributed by atoms with Crippen LogP contribution in [-0.4, -0.2) is 56.0 Å². The highest BCUT2D eigenvalue weighted by atomic mass is 32.2. The van der Waals surface area contributed by atoms with E-state index in [4.69, 9.17) is 4.74 Å². The van der Waals surface area contributed by atoms with Crippen LogP contribution in [0, 0.1) is 0 Å². The van der Waals surface area contributed by atoms with Crippen molar-refractivity contribution in [1.29, 1.82) is 0 Å². The summed E-state index contributed by atoms with van der Waals surface area (Å²) >= 11 is 0. The molecule has 0 saturated carbocycles. The first-order valence-electron chi connectivity index (χ1n) is 5.13. The second-order valence-electron chi connectivity index (χ2n) is 4.01. The predicted molar refractivity (Wildman–Crippen MR) is 57.1 cm³/mol. The first-order valence-corrected chi connectivity index (χ1v) is 6.73. The Morgan fingerprint density at radius 3 is 2.53 bits per heavy atom. The van der Waals surface area contributed by atoms with Crippen molar-refractivity contribution in [2.24, 2.45) is 0 Å². The lowest BCUT2D eigenvalue weighted by molar-refractivity contribution is -0.0613. The maximum absolute atomic E-state index is 11.7. The Kier molecular flexibility index (Phi) is 4.11. The number of ether oxygens (including phenoxy) is 1. The van der Waals surface area contributed by atoms with E-state index in [1.165, 1.54) is 4.31 Å². The molecule has 0 aromatic heterocycles. The molecule has 1 heterocycles. The van der Waals surface area contributed by atoms with Crippen molar-refractivity contribution in [3.05, 3.63) is 0 Å². The number of β-amino-alcohol motifs (C(OH)–C–C–N with tert-alkyl or cyclic N) is 1. The lowest BCUT2D eigenvalue weighted by Gasteiger charge is -2.44. The van der Waals surface area contributed by atoms with E-state index in [1.807, 2.05) is 6.92 Å². The van der Waals surface area contributed by atoms with Crippen LogP contribution in [0.3, 0.4) is 0 Å². The lowest BCUT2D eigenvalue weighted by atomic mass is 9.94. The Bertz CT molecular complexity index is 295. The number of aliphatic hydroxyl groups is 1. The van der Waals surface area contributed by atoms with E-state index in [2.05, 4.69) is 0 Å². The molecule has 0 radical (unpaired) electrons. The van der Waals surface area contributed by atoms with E-state index in [0.29, 0.717) is 19.4 Å². The topological polar surface area (TPSA) is 66.8 Å². The molecule has 0 spiro atoms. The SMILES string of the molecule is CCC1(O)CN(S(=O)(=O)CCCOC)C1. The van der Waals surface area contributed by atoms with Gasteiger partial charge in [-0.15, -0.1) is 0 Å². The molecule has 1 aliphatic heterocycles. The molecule has 1 saturated heterocycles. The summed E-state index contributed by atoms with van der Waals surface area (Å²) in [6, 6.07) is 0. The van der Waals surface area contributed by atoms with Crippen molar-refractivity contribution >= 4 is 10.0 Å². The fourth-order valence-corrected chi connectivity index (χ4v) is 3.16. The van der Waals surface area contributed by atoms with Crippen LogP contribution in [0.2, 0.25) is 0 Å². The van der Waals surface area contributed by atoms with E-state index in [1.54, 1.807) is 7.11 Å². The Morgan fingerprint density at radius 2 is 2.07 bits per heavy atom. The normalized spacial score (nSPS) is 21.3. The number of sulfonamides is 1. The van der Waals surface area contributed by atoms with Crippen molar-refractivity contribution in [2.45, 2.75) is 25.4 Å². The standard InChI is InChI=1S/C9H19NO4S/c1-3-9(11)7-10(8-9)15(12,13)6-4-5-14-2/h11H,3-8H2,1-2H3. The maximum Gasteiger partial charge on any atom is 0.214 e. The summed E-state index contributed by atoms with van der Waals surface area (Å²) < 4.78 is 29.4. The molecule has 5 nitrogen and oxygen atoms in total. The molecule has 0 aromatic rings. The highest BCUT2D eigenvalue weighted by molar-refractivity contribution is 7.89. The van der Waals surface area contributed by atoms with Crippen molar-refractivity contribution in [3.63, 3.8) is 0 Å². The second kappa shape index (κ2) is 4.78. The smallest absolute Gasteiger partial charge is 0.214 e.